The lowest BCUT2D eigenvalue weighted by molar-refractivity contribution is -0.119. The molecule has 0 saturated heterocycles. The van der Waals surface area contributed by atoms with E-state index in [1.54, 1.807) is 6.07 Å². The molecule has 3 rings (SSSR count). The number of ether oxygens (including phenoxy) is 1. The van der Waals surface area contributed by atoms with Gasteiger partial charge in [-0.2, -0.15) is 0 Å². The number of nitrogens with one attached hydrogen (secondary N) is 2. The normalized spacial score (nSPS) is 14.0. The van der Waals surface area contributed by atoms with Gasteiger partial charge < -0.3 is 15.4 Å². The zero-order valence-electron chi connectivity index (χ0n) is 17.2. The molecule has 0 radical (unpaired) electrons. The molecule has 1 saturated carbocycles. The first-order valence-electron chi connectivity index (χ1n) is 10.5. The second-order valence-electron chi connectivity index (χ2n) is 7.94. The molecule has 2 amide bonds. The quantitative estimate of drug-likeness (QED) is 0.649. The van der Waals surface area contributed by atoms with Gasteiger partial charge in [0, 0.05) is 23.7 Å². The van der Waals surface area contributed by atoms with Crippen molar-refractivity contribution >= 4 is 23.2 Å². The van der Waals surface area contributed by atoms with Crippen molar-refractivity contribution in [1.82, 2.24) is 0 Å². The molecule has 5 heteroatoms. The Morgan fingerprint density at radius 3 is 2.41 bits per heavy atom. The molecule has 2 aromatic rings. The monoisotopic (exact) mass is 394 g/mol. The largest absolute Gasteiger partial charge is 0.490 e. The number of hydrogen-bond acceptors (Lipinski definition) is 3. The number of anilines is 2. The molecule has 29 heavy (non-hydrogen) atoms. The van der Waals surface area contributed by atoms with Crippen molar-refractivity contribution in [3.63, 3.8) is 0 Å². The van der Waals surface area contributed by atoms with Crippen LogP contribution in [0, 0.1) is 5.92 Å². The first-order valence-corrected chi connectivity index (χ1v) is 10.5. The minimum absolute atomic E-state index is 0.0480. The molecular formula is C24H30N2O3. The molecule has 0 bridgehead atoms. The van der Waals surface area contributed by atoms with E-state index in [9.17, 15) is 9.59 Å². The topological polar surface area (TPSA) is 67.4 Å². The van der Waals surface area contributed by atoms with Crippen LogP contribution in [0.4, 0.5) is 11.4 Å². The summed E-state index contributed by atoms with van der Waals surface area (Å²) in [6.07, 6.45) is 6.11. The van der Waals surface area contributed by atoms with E-state index in [-0.39, 0.29) is 17.7 Å². The molecule has 0 aliphatic heterocycles. The molecule has 1 fully saturated rings. The SMILES string of the molecule is CC(C)C(=O)Nc1cccc(NC(=O)CCc2cccc(OC3CCCC3)c2)c1. The lowest BCUT2D eigenvalue weighted by Gasteiger charge is -2.14. The Morgan fingerprint density at radius 2 is 1.69 bits per heavy atom. The second kappa shape index (κ2) is 10.1. The van der Waals surface area contributed by atoms with E-state index in [1.807, 2.05) is 56.3 Å². The Kier molecular flexibility index (Phi) is 7.28. The van der Waals surface area contributed by atoms with Gasteiger partial charge in [-0.15, -0.1) is 0 Å². The number of hydrogen-bond donors (Lipinski definition) is 2. The average Bonchev–Trinajstić information content (AvgIpc) is 3.20. The van der Waals surface area contributed by atoms with Gasteiger partial charge in [0.15, 0.2) is 0 Å². The molecule has 2 aromatic carbocycles. The van der Waals surface area contributed by atoms with Crippen LogP contribution in [0.2, 0.25) is 0 Å². The van der Waals surface area contributed by atoms with E-state index in [1.165, 1.54) is 12.8 Å². The smallest absolute Gasteiger partial charge is 0.226 e. The summed E-state index contributed by atoms with van der Waals surface area (Å²) in [6.45, 7) is 3.68. The highest BCUT2D eigenvalue weighted by Gasteiger charge is 2.16. The average molecular weight is 395 g/mol. The van der Waals surface area contributed by atoms with Gasteiger partial charge in [-0.3, -0.25) is 9.59 Å². The van der Waals surface area contributed by atoms with Crippen molar-refractivity contribution in [3.05, 3.63) is 54.1 Å². The molecule has 0 aromatic heterocycles. The summed E-state index contributed by atoms with van der Waals surface area (Å²) in [5, 5.41) is 5.75. The van der Waals surface area contributed by atoms with Crippen LogP contribution in [0.3, 0.4) is 0 Å². The van der Waals surface area contributed by atoms with Gasteiger partial charge >= 0.3 is 0 Å². The Hall–Kier alpha value is -2.82. The minimum atomic E-state index is -0.0957. The van der Waals surface area contributed by atoms with Crippen molar-refractivity contribution in [3.8, 4) is 5.75 Å². The highest BCUT2D eigenvalue weighted by Crippen LogP contribution is 2.25. The van der Waals surface area contributed by atoms with Gasteiger partial charge in [-0.1, -0.05) is 32.0 Å². The maximum atomic E-state index is 12.4. The van der Waals surface area contributed by atoms with Gasteiger partial charge in [0.25, 0.3) is 0 Å². The predicted octanol–water partition coefficient (Wildman–Crippen LogP) is 5.17. The van der Waals surface area contributed by atoms with Crippen molar-refractivity contribution < 1.29 is 14.3 Å². The Balaban J connectivity index is 1.50. The lowest BCUT2D eigenvalue weighted by atomic mass is 10.1. The molecular weight excluding hydrogens is 364 g/mol. The van der Waals surface area contributed by atoms with Gasteiger partial charge in [0.1, 0.15) is 5.75 Å². The van der Waals surface area contributed by atoms with E-state index in [2.05, 4.69) is 10.6 Å². The van der Waals surface area contributed by atoms with Gasteiger partial charge in [-0.25, -0.2) is 0 Å². The van der Waals surface area contributed by atoms with Crippen LogP contribution in [0.25, 0.3) is 0 Å². The Labute approximate surface area is 172 Å². The van der Waals surface area contributed by atoms with Crippen LogP contribution < -0.4 is 15.4 Å². The predicted molar refractivity (Wildman–Crippen MR) is 116 cm³/mol. The second-order valence-corrected chi connectivity index (χ2v) is 7.94. The molecule has 2 N–H and O–H groups in total. The summed E-state index contributed by atoms with van der Waals surface area (Å²) in [4.78, 5) is 24.2. The Morgan fingerprint density at radius 1 is 1.00 bits per heavy atom. The highest BCUT2D eigenvalue weighted by molar-refractivity contribution is 5.94. The van der Waals surface area contributed by atoms with Crippen LogP contribution in [-0.4, -0.2) is 17.9 Å². The van der Waals surface area contributed by atoms with Crippen molar-refractivity contribution in [1.29, 1.82) is 0 Å². The van der Waals surface area contributed by atoms with E-state index < -0.39 is 0 Å². The molecule has 5 nitrogen and oxygen atoms in total. The number of amides is 2. The molecule has 0 heterocycles. The summed E-state index contributed by atoms with van der Waals surface area (Å²) in [5.41, 5.74) is 2.45. The highest BCUT2D eigenvalue weighted by atomic mass is 16.5. The minimum Gasteiger partial charge on any atom is -0.490 e. The van der Waals surface area contributed by atoms with Crippen molar-refractivity contribution in [2.45, 2.75) is 58.5 Å². The first kappa shape index (κ1) is 20.9. The van der Waals surface area contributed by atoms with Gasteiger partial charge in [-0.05, 0) is 68.0 Å². The summed E-state index contributed by atoms with van der Waals surface area (Å²) >= 11 is 0. The zero-order valence-corrected chi connectivity index (χ0v) is 17.2. The lowest BCUT2D eigenvalue weighted by Crippen LogP contribution is -2.18. The molecule has 0 spiro atoms. The number of rotatable bonds is 8. The first-order chi connectivity index (χ1) is 14.0. The number of carbonyl (C=O) groups is 2. The molecule has 1 aliphatic carbocycles. The maximum Gasteiger partial charge on any atom is 0.226 e. The molecule has 154 valence electrons. The fraction of sp³-hybridized carbons (Fsp3) is 0.417. The summed E-state index contributed by atoms with van der Waals surface area (Å²) in [7, 11) is 0. The molecule has 0 atom stereocenters. The molecule has 1 aliphatic rings. The van der Waals surface area contributed by atoms with Crippen LogP contribution in [0.5, 0.6) is 5.75 Å². The third kappa shape index (κ3) is 6.63. The van der Waals surface area contributed by atoms with Crippen LogP contribution in [0.1, 0.15) is 51.5 Å². The number of benzene rings is 2. The van der Waals surface area contributed by atoms with Gasteiger partial charge in [0.05, 0.1) is 6.10 Å². The third-order valence-corrected chi connectivity index (χ3v) is 5.08. The van der Waals surface area contributed by atoms with Crippen LogP contribution in [-0.2, 0) is 16.0 Å². The number of aryl methyl sites for hydroxylation is 1. The van der Waals surface area contributed by atoms with Crippen LogP contribution >= 0.6 is 0 Å². The van der Waals surface area contributed by atoms with Crippen LogP contribution in [0.15, 0.2) is 48.5 Å². The van der Waals surface area contributed by atoms with E-state index in [0.717, 1.165) is 24.2 Å². The number of carbonyl (C=O) groups excluding carboxylic acids is 2. The maximum absolute atomic E-state index is 12.4. The Bertz CT molecular complexity index is 842. The van der Waals surface area contributed by atoms with Crippen molar-refractivity contribution in [2.75, 3.05) is 10.6 Å². The van der Waals surface area contributed by atoms with Gasteiger partial charge in [0.2, 0.25) is 11.8 Å². The summed E-state index contributed by atoms with van der Waals surface area (Å²) in [6, 6.07) is 15.2. The summed E-state index contributed by atoms with van der Waals surface area (Å²) in [5.74, 6) is 0.692. The third-order valence-electron chi connectivity index (χ3n) is 5.08. The van der Waals surface area contributed by atoms with E-state index >= 15 is 0 Å². The summed E-state index contributed by atoms with van der Waals surface area (Å²) < 4.78 is 6.04. The fourth-order valence-electron chi connectivity index (χ4n) is 3.42. The van der Waals surface area contributed by atoms with E-state index in [0.29, 0.717) is 30.3 Å². The fourth-order valence-corrected chi connectivity index (χ4v) is 3.42. The van der Waals surface area contributed by atoms with E-state index in [4.69, 9.17) is 4.74 Å². The van der Waals surface area contributed by atoms with Crippen molar-refractivity contribution in [2.24, 2.45) is 5.92 Å². The standard InChI is InChI=1S/C24H30N2O3/c1-17(2)24(28)26-20-9-6-8-19(16-20)25-23(27)14-13-18-7-5-12-22(15-18)29-21-10-3-4-11-21/h5-9,12,15-17,21H,3-4,10-11,13-14H2,1-2H3,(H,25,27)(H,26,28). The molecule has 0 unspecified atom stereocenters. The zero-order chi connectivity index (χ0) is 20.6.